The van der Waals surface area contributed by atoms with Gasteiger partial charge in [0.25, 0.3) is 11.8 Å². The fraction of sp³-hybridized carbons (Fsp3) is 0.0909. The molecule has 2 amide bonds. The number of anilines is 1. The van der Waals surface area contributed by atoms with Crippen molar-refractivity contribution in [1.29, 1.82) is 0 Å². The van der Waals surface area contributed by atoms with Gasteiger partial charge in [-0.15, -0.1) is 0 Å². The summed E-state index contributed by atoms with van der Waals surface area (Å²) < 4.78 is 26.5. The number of phenolic OH excluding ortho intramolecular Hbond substituents is 1. The van der Waals surface area contributed by atoms with Gasteiger partial charge in [-0.1, -0.05) is 29.8 Å². The van der Waals surface area contributed by atoms with E-state index in [1.165, 1.54) is 18.2 Å². The predicted molar refractivity (Wildman–Crippen MR) is 105 cm³/mol. The third-order valence-electron chi connectivity index (χ3n) is 4.16. The van der Waals surface area contributed by atoms with Gasteiger partial charge in [0, 0.05) is 29.9 Å². The summed E-state index contributed by atoms with van der Waals surface area (Å²) in [6.45, 7) is 2.24. The molecule has 0 spiro atoms. The highest BCUT2D eigenvalue weighted by Gasteiger charge is 2.14. The topological polar surface area (TPSA) is 78.4 Å². The SMILES string of the molecule is Cc1cccc(CNC(=O)c2ccc(NC(=O)c3cc(F)cc(F)c3)cc2O)c1. The van der Waals surface area contributed by atoms with E-state index in [9.17, 15) is 23.5 Å². The lowest BCUT2D eigenvalue weighted by Crippen LogP contribution is -2.23. The van der Waals surface area contributed by atoms with Crippen LogP contribution in [-0.4, -0.2) is 16.9 Å². The summed E-state index contributed by atoms with van der Waals surface area (Å²) in [6, 6.07) is 14.0. The predicted octanol–water partition coefficient (Wildman–Crippen LogP) is 4.16. The number of hydrogen-bond acceptors (Lipinski definition) is 3. The van der Waals surface area contributed by atoms with Gasteiger partial charge in [-0.2, -0.15) is 0 Å². The van der Waals surface area contributed by atoms with Crippen molar-refractivity contribution in [3.63, 3.8) is 0 Å². The molecule has 0 fully saturated rings. The Morgan fingerprint density at radius 1 is 0.931 bits per heavy atom. The van der Waals surface area contributed by atoms with Crippen molar-refractivity contribution in [2.24, 2.45) is 0 Å². The highest BCUT2D eigenvalue weighted by molar-refractivity contribution is 6.05. The first-order chi connectivity index (χ1) is 13.8. The lowest BCUT2D eigenvalue weighted by atomic mass is 10.1. The summed E-state index contributed by atoms with van der Waals surface area (Å²) in [5, 5.41) is 15.3. The molecule has 0 saturated heterocycles. The van der Waals surface area contributed by atoms with Gasteiger partial charge in [-0.05, 0) is 36.8 Å². The number of carbonyl (C=O) groups excluding carboxylic acids is 2. The monoisotopic (exact) mass is 396 g/mol. The molecule has 0 aliphatic heterocycles. The van der Waals surface area contributed by atoms with Crippen molar-refractivity contribution < 1.29 is 23.5 Å². The summed E-state index contributed by atoms with van der Waals surface area (Å²) in [4.78, 5) is 24.4. The van der Waals surface area contributed by atoms with Crippen molar-refractivity contribution in [3.05, 3.63) is 94.6 Å². The second-order valence-corrected chi connectivity index (χ2v) is 6.52. The van der Waals surface area contributed by atoms with Crippen LogP contribution >= 0.6 is 0 Å². The zero-order valence-corrected chi connectivity index (χ0v) is 15.5. The van der Waals surface area contributed by atoms with Crippen molar-refractivity contribution in [2.75, 3.05) is 5.32 Å². The summed E-state index contributed by atoms with van der Waals surface area (Å²) in [6.07, 6.45) is 0. The molecule has 0 saturated carbocycles. The van der Waals surface area contributed by atoms with Crippen LogP contribution in [0.5, 0.6) is 5.75 Å². The Morgan fingerprint density at radius 3 is 2.31 bits per heavy atom. The Kier molecular flexibility index (Phi) is 5.87. The first-order valence-electron chi connectivity index (χ1n) is 8.76. The van der Waals surface area contributed by atoms with Crippen molar-refractivity contribution >= 4 is 17.5 Å². The number of benzene rings is 3. The second-order valence-electron chi connectivity index (χ2n) is 6.52. The zero-order chi connectivity index (χ0) is 21.0. The molecular weight excluding hydrogens is 378 g/mol. The van der Waals surface area contributed by atoms with Crippen molar-refractivity contribution in [2.45, 2.75) is 13.5 Å². The number of rotatable bonds is 5. The van der Waals surface area contributed by atoms with Gasteiger partial charge in [0.15, 0.2) is 0 Å². The lowest BCUT2D eigenvalue weighted by Gasteiger charge is -2.10. The van der Waals surface area contributed by atoms with Crippen LogP contribution in [0.4, 0.5) is 14.5 Å². The minimum Gasteiger partial charge on any atom is -0.507 e. The first-order valence-corrected chi connectivity index (χ1v) is 8.76. The standard InChI is InChI=1S/C22H18F2N2O3/c1-13-3-2-4-14(7-13)12-25-22(29)19-6-5-18(11-20(19)27)26-21(28)15-8-16(23)10-17(24)9-15/h2-11,27H,12H2,1H3,(H,25,29)(H,26,28). The van der Waals surface area contributed by atoms with Crippen LogP contribution in [0.1, 0.15) is 31.8 Å². The van der Waals surface area contributed by atoms with E-state index in [2.05, 4.69) is 10.6 Å². The Hall–Kier alpha value is -3.74. The molecule has 29 heavy (non-hydrogen) atoms. The normalized spacial score (nSPS) is 10.4. The Labute approximate surface area is 166 Å². The van der Waals surface area contributed by atoms with E-state index in [0.29, 0.717) is 12.6 Å². The average Bonchev–Trinajstić information content (AvgIpc) is 2.65. The Morgan fingerprint density at radius 2 is 1.66 bits per heavy atom. The molecule has 3 rings (SSSR count). The van der Waals surface area contributed by atoms with Gasteiger partial charge in [0.2, 0.25) is 0 Å². The van der Waals surface area contributed by atoms with Crippen molar-refractivity contribution in [3.8, 4) is 5.75 Å². The van der Waals surface area contributed by atoms with Gasteiger partial charge in [0.1, 0.15) is 17.4 Å². The number of carbonyl (C=O) groups is 2. The van der Waals surface area contributed by atoms with Crippen LogP contribution in [-0.2, 0) is 6.54 Å². The van der Waals surface area contributed by atoms with Crippen molar-refractivity contribution in [1.82, 2.24) is 5.32 Å². The molecule has 0 atom stereocenters. The summed E-state index contributed by atoms with van der Waals surface area (Å²) >= 11 is 0. The molecule has 148 valence electrons. The zero-order valence-electron chi connectivity index (χ0n) is 15.5. The number of aryl methyl sites for hydroxylation is 1. The maximum atomic E-state index is 13.2. The smallest absolute Gasteiger partial charge is 0.255 e. The lowest BCUT2D eigenvalue weighted by molar-refractivity contribution is 0.0947. The number of aromatic hydroxyl groups is 1. The largest absolute Gasteiger partial charge is 0.507 e. The number of halogens is 2. The van der Waals surface area contributed by atoms with Crippen LogP contribution in [0, 0.1) is 18.6 Å². The summed E-state index contributed by atoms with van der Waals surface area (Å²) in [5.74, 6) is -3.32. The summed E-state index contributed by atoms with van der Waals surface area (Å²) in [7, 11) is 0. The van der Waals surface area contributed by atoms with E-state index in [-0.39, 0.29) is 22.6 Å². The van der Waals surface area contributed by atoms with Crippen LogP contribution in [0.25, 0.3) is 0 Å². The van der Waals surface area contributed by atoms with Gasteiger partial charge < -0.3 is 15.7 Å². The van der Waals surface area contributed by atoms with Crippen LogP contribution in [0.2, 0.25) is 0 Å². The average molecular weight is 396 g/mol. The van der Waals surface area contributed by atoms with Crippen LogP contribution in [0.15, 0.2) is 60.7 Å². The summed E-state index contributed by atoms with van der Waals surface area (Å²) in [5.41, 5.74) is 1.99. The number of hydrogen-bond donors (Lipinski definition) is 3. The van der Waals surface area contributed by atoms with Crippen LogP contribution in [0.3, 0.4) is 0 Å². The number of amides is 2. The molecule has 3 N–H and O–H groups in total. The van der Waals surface area contributed by atoms with E-state index in [1.54, 1.807) is 0 Å². The molecule has 0 aliphatic rings. The minimum atomic E-state index is -0.876. The van der Waals surface area contributed by atoms with Gasteiger partial charge in [-0.25, -0.2) is 8.78 Å². The maximum absolute atomic E-state index is 13.2. The quantitative estimate of drug-likeness (QED) is 0.606. The van der Waals surface area contributed by atoms with E-state index in [1.807, 2.05) is 31.2 Å². The van der Waals surface area contributed by atoms with E-state index in [0.717, 1.165) is 23.3 Å². The van der Waals surface area contributed by atoms with E-state index in [4.69, 9.17) is 0 Å². The third kappa shape index (κ3) is 5.16. The van der Waals surface area contributed by atoms with Gasteiger partial charge >= 0.3 is 0 Å². The first kappa shape index (κ1) is 20.0. The molecule has 0 radical (unpaired) electrons. The van der Waals surface area contributed by atoms with Gasteiger partial charge in [0.05, 0.1) is 5.56 Å². The van der Waals surface area contributed by atoms with E-state index >= 15 is 0 Å². The maximum Gasteiger partial charge on any atom is 0.255 e. The molecular formula is C22H18F2N2O3. The molecule has 0 bridgehead atoms. The molecule has 0 aromatic heterocycles. The molecule has 0 heterocycles. The molecule has 5 nitrogen and oxygen atoms in total. The highest BCUT2D eigenvalue weighted by Crippen LogP contribution is 2.23. The van der Waals surface area contributed by atoms with E-state index < -0.39 is 23.4 Å². The fourth-order valence-corrected chi connectivity index (χ4v) is 2.79. The number of phenols is 1. The Bertz CT molecular complexity index is 1060. The highest BCUT2D eigenvalue weighted by atomic mass is 19.1. The second kappa shape index (κ2) is 8.52. The Balaban J connectivity index is 1.67. The molecule has 0 aliphatic carbocycles. The molecule has 7 heteroatoms. The number of nitrogens with one attached hydrogen (secondary N) is 2. The fourth-order valence-electron chi connectivity index (χ4n) is 2.79. The van der Waals surface area contributed by atoms with Gasteiger partial charge in [-0.3, -0.25) is 9.59 Å². The molecule has 3 aromatic rings. The minimum absolute atomic E-state index is 0.0347. The molecule has 3 aromatic carbocycles. The van der Waals surface area contributed by atoms with Crippen LogP contribution < -0.4 is 10.6 Å². The molecule has 0 unspecified atom stereocenters. The third-order valence-corrected chi connectivity index (χ3v) is 4.16.